The summed E-state index contributed by atoms with van der Waals surface area (Å²) in [4.78, 5) is 79.6. The molecule has 2 amide bonds. The largest absolute Gasteiger partial charge is 0.504 e. The zero-order chi connectivity index (χ0) is 38.8. The minimum Gasteiger partial charge on any atom is -0.504 e. The molecule has 0 radical (unpaired) electrons. The van der Waals surface area contributed by atoms with Crippen LogP contribution in [-0.4, -0.2) is 112 Å². The highest BCUT2D eigenvalue weighted by Gasteiger charge is 2.54. The van der Waals surface area contributed by atoms with E-state index in [0.29, 0.717) is 11.3 Å². The predicted octanol–water partition coefficient (Wildman–Crippen LogP) is 0.699. The van der Waals surface area contributed by atoms with Gasteiger partial charge in [-0.2, -0.15) is 0 Å². The predicted molar refractivity (Wildman–Crippen MR) is 191 cm³/mol. The standard InChI is InChI=1S/C32H35N9O10S2/c1-32(2,30(49)50)51-38-23(19-13-53-31(34)37-19)22(44)9-17-27(46)41-24(29(47)48)16(12-52-28(17)41)10-40-11-18(25(33)36-14-40)35-6-7-39(3)26(45)15-4-5-20(42)21(43)8-15/h4-5,8,11,13-14,17,28,33,35H,6-7,9-10,12H2,1-3H3,(H6,34,37,38,42,43,44,45,47,48,49,50)/p+1/t17-,28?/m1/s1. The number of carboxylic acid groups (broad SMARTS) is 2. The molecular formula is C32H36N9O10S2+. The number of oxime groups is 1. The minimum atomic E-state index is -1.78. The van der Waals surface area contributed by atoms with Crippen molar-refractivity contribution in [1.29, 1.82) is 0 Å². The third-order valence-corrected chi connectivity index (χ3v) is 10.4. The Bertz CT molecular complexity index is 2050. The maximum absolute atomic E-state index is 13.5. The van der Waals surface area contributed by atoms with E-state index < -0.39 is 52.2 Å². The number of aliphatic carboxylic acids is 2. The number of aromatic hydroxyl groups is 2. The van der Waals surface area contributed by atoms with Gasteiger partial charge >= 0.3 is 11.9 Å². The van der Waals surface area contributed by atoms with Gasteiger partial charge in [0.2, 0.25) is 11.5 Å². The molecule has 280 valence electrons. The van der Waals surface area contributed by atoms with Crippen molar-refractivity contribution in [2.24, 2.45) is 11.1 Å². The van der Waals surface area contributed by atoms with Crippen molar-refractivity contribution < 1.29 is 53.8 Å². The number of Topliss-reactive ketones (excluding diaryl/α,β-unsaturated/α-hetero) is 1. The molecule has 5 rings (SSSR count). The smallest absolute Gasteiger partial charge is 0.352 e. The Morgan fingerprint density at radius 1 is 1.19 bits per heavy atom. The number of ketones is 1. The van der Waals surface area contributed by atoms with Crippen LogP contribution >= 0.6 is 23.1 Å². The number of amides is 2. The Morgan fingerprint density at radius 3 is 2.57 bits per heavy atom. The molecule has 2 aromatic heterocycles. The van der Waals surface area contributed by atoms with Crippen molar-refractivity contribution in [3.8, 4) is 11.5 Å². The van der Waals surface area contributed by atoms with Gasteiger partial charge in [0, 0.05) is 48.8 Å². The number of likely N-dealkylation sites (N-methyl/N-ethyl adjacent to an activating group) is 1. The molecule has 1 saturated heterocycles. The van der Waals surface area contributed by atoms with Crippen LogP contribution in [0.25, 0.3) is 0 Å². The number of fused-ring (bicyclic) bond motifs is 1. The maximum atomic E-state index is 13.5. The maximum Gasteiger partial charge on any atom is 0.352 e. The summed E-state index contributed by atoms with van der Waals surface area (Å²) >= 11 is 2.31. The molecule has 3 aromatic rings. The number of carbonyl (C=O) groups is 5. The van der Waals surface area contributed by atoms with Crippen LogP contribution in [-0.2, 0) is 30.6 Å². The first kappa shape index (κ1) is 38.3. The molecule has 2 aliphatic heterocycles. The summed E-state index contributed by atoms with van der Waals surface area (Å²) in [6.07, 6.45) is 2.66. The molecule has 1 unspecified atom stereocenters. The number of anilines is 3. The molecule has 0 aliphatic carbocycles. The third-order valence-electron chi connectivity index (χ3n) is 8.30. The van der Waals surface area contributed by atoms with Crippen LogP contribution in [0, 0.1) is 5.92 Å². The van der Waals surface area contributed by atoms with Crippen molar-refractivity contribution in [3.63, 3.8) is 0 Å². The average molecular weight is 771 g/mol. The van der Waals surface area contributed by atoms with Crippen molar-refractivity contribution in [1.82, 2.24) is 19.8 Å². The third kappa shape index (κ3) is 8.25. The van der Waals surface area contributed by atoms with Crippen LogP contribution in [0.1, 0.15) is 36.3 Å². The molecule has 2 atom stereocenters. The van der Waals surface area contributed by atoms with E-state index in [-0.39, 0.29) is 71.2 Å². The van der Waals surface area contributed by atoms with Gasteiger partial charge in [-0.25, -0.2) is 19.1 Å². The van der Waals surface area contributed by atoms with E-state index in [1.54, 1.807) is 17.8 Å². The molecule has 0 spiro atoms. The quantitative estimate of drug-likeness (QED) is 0.0368. The number of thiazole rings is 1. The van der Waals surface area contributed by atoms with E-state index in [0.717, 1.165) is 22.3 Å². The lowest BCUT2D eigenvalue weighted by Gasteiger charge is -2.49. The Hall–Kier alpha value is -5.96. The van der Waals surface area contributed by atoms with Crippen LogP contribution in [0.4, 0.5) is 16.6 Å². The van der Waals surface area contributed by atoms with Gasteiger partial charge in [-0.15, -0.1) is 23.1 Å². The van der Waals surface area contributed by atoms with Gasteiger partial charge in [0.1, 0.15) is 29.8 Å². The number of hydrogen-bond acceptors (Lipinski definition) is 16. The van der Waals surface area contributed by atoms with Crippen LogP contribution in [0.15, 0.2) is 52.5 Å². The van der Waals surface area contributed by atoms with Crippen LogP contribution in [0.5, 0.6) is 11.5 Å². The monoisotopic (exact) mass is 770 g/mol. The van der Waals surface area contributed by atoms with E-state index in [2.05, 4.69) is 20.4 Å². The average Bonchev–Trinajstić information content (AvgIpc) is 3.54. The van der Waals surface area contributed by atoms with Crippen molar-refractivity contribution >= 4 is 75.0 Å². The molecule has 2 aliphatic rings. The number of benzene rings is 1. The highest BCUT2D eigenvalue weighted by molar-refractivity contribution is 8.00. The summed E-state index contributed by atoms with van der Waals surface area (Å²) in [5, 5.41) is 46.6. The van der Waals surface area contributed by atoms with E-state index in [4.69, 9.17) is 16.3 Å². The van der Waals surface area contributed by atoms with Gasteiger partial charge in [-0.3, -0.25) is 19.3 Å². The molecule has 21 heteroatoms. The number of thioether (sulfide) groups is 1. The second kappa shape index (κ2) is 15.3. The van der Waals surface area contributed by atoms with Crippen molar-refractivity contribution in [2.75, 3.05) is 42.7 Å². The van der Waals surface area contributed by atoms with Gasteiger partial charge in [0.05, 0.1) is 11.3 Å². The molecule has 19 nitrogen and oxygen atoms in total. The number of carboxylic acids is 2. The molecule has 4 heterocycles. The number of nitrogens with one attached hydrogen (secondary N) is 1. The highest BCUT2D eigenvalue weighted by atomic mass is 32.2. The summed E-state index contributed by atoms with van der Waals surface area (Å²) in [7, 11) is 1.56. The molecule has 1 fully saturated rings. The van der Waals surface area contributed by atoms with Crippen LogP contribution in [0.3, 0.4) is 0 Å². The number of aromatic nitrogens is 3. The van der Waals surface area contributed by atoms with Gasteiger partial charge < -0.3 is 46.9 Å². The SMILES string of the molecule is CN(CCNc1c[n+](CC2=C(C(=O)O)N3C(=O)[C@@H](CC(=O)/C(=N\OC(C)(C)C(=O)O)c4csc(N)n4)C3SC2)cnc1N)C(=O)c1ccc(O)c(O)c1. The van der Waals surface area contributed by atoms with E-state index >= 15 is 0 Å². The fraction of sp³-hybridized carbons (Fsp3) is 0.344. The number of rotatable bonds is 15. The van der Waals surface area contributed by atoms with Gasteiger partial charge in [0.25, 0.3) is 18.1 Å². The normalized spacial score (nSPS) is 17.2. The molecule has 9 N–H and O–H groups in total. The summed E-state index contributed by atoms with van der Waals surface area (Å²) in [6, 6.07) is 3.77. The molecule has 1 aromatic carbocycles. The second-order valence-corrected chi connectivity index (χ2v) is 14.5. The Morgan fingerprint density at radius 2 is 1.92 bits per heavy atom. The van der Waals surface area contributed by atoms with E-state index in [1.165, 1.54) is 54.3 Å². The number of nitrogen functional groups attached to an aromatic ring is 2. The van der Waals surface area contributed by atoms with Gasteiger partial charge in [-0.1, -0.05) is 5.16 Å². The molecular weight excluding hydrogens is 735 g/mol. The zero-order valence-corrected chi connectivity index (χ0v) is 30.2. The minimum absolute atomic E-state index is 0.0399. The highest BCUT2D eigenvalue weighted by Crippen LogP contribution is 2.45. The van der Waals surface area contributed by atoms with E-state index in [9.17, 15) is 44.4 Å². The van der Waals surface area contributed by atoms with Gasteiger partial charge in [0.15, 0.2) is 28.1 Å². The van der Waals surface area contributed by atoms with E-state index in [1.807, 2.05) is 0 Å². The first-order chi connectivity index (χ1) is 25.0. The summed E-state index contributed by atoms with van der Waals surface area (Å²) in [5.74, 6) is -5.60. The second-order valence-electron chi connectivity index (χ2n) is 12.5. The topological polar surface area (TPSA) is 288 Å². The number of nitrogens with zero attached hydrogens (tertiary/aromatic N) is 6. The summed E-state index contributed by atoms with van der Waals surface area (Å²) < 4.78 is 1.60. The lowest BCUT2D eigenvalue weighted by molar-refractivity contribution is -0.691. The fourth-order valence-electron chi connectivity index (χ4n) is 5.32. The summed E-state index contributed by atoms with van der Waals surface area (Å²) in [6.45, 7) is 3.00. The number of hydrogen-bond donors (Lipinski definition) is 7. The van der Waals surface area contributed by atoms with Crippen molar-refractivity contribution in [2.45, 2.75) is 37.8 Å². The van der Waals surface area contributed by atoms with Crippen molar-refractivity contribution in [3.05, 3.63) is 58.6 Å². The number of carbonyl (C=O) groups excluding carboxylic acids is 3. The molecule has 0 saturated carbocycles. The van der Waals surface area contributed by atoms with Gasteiger partial charge in [-0.05, 0) is 37.0 Å². The zero-order valence-electron chi connectivity index (χ0n) is 28.5. The Labute approximate surface area is 309 Å². The number of nitrogens with two attached hydrogens (primary N) is 2. The van der Waals surface area contributed by atoms with Crippen LogP contribution < -0.4 is 21.4 Å². The molecule has 53 heavy (non-hydrogen) atoms. The molecule has 0 bridgehead atoms. The number of β-lactam (4-membered cyclic amide) rings is 1. The first-order valence-electron chi connectivity index (χ1n) is 15.8. The fourth-order valence-corrected chi connectivity index (χ4v) is 7.27. The van der Waals surface area contributed by atoms with Crippen LogP contribution in [0.2, 0.25) is 0 Å². The Kier molecular flexibility index (Phi) is 11.1. The lowest BCUT2D eigenvalue weighted by atomic mass is 9.89. The summed E-state index contributed by atoms with van der Waals surface area (Å²) in [5.41, 5.74) is 10.5. The number of phenols is 2. The number of phenolic OH excluding ortho intramolecular Hbond substituents is 2. The lowest BCUT2D eigenvalue weighted by Crippen LogP contribution is -2.62. The first-order valence-corrected chi connectivity index (χ1v) is 17.7. The Balaban J connectivity index is 1.26.